The highest BCUT2D eigenvalue weighted by Crippen LogP contribution is 2.32. The van der Waals surface area contributed by atoms with Crippen LogP contribution in [0.15, 0.2) is 79.3 Å². The van der Waals surface area contributed by atoms with Crippen molar-refractivity contribution in [3.05, 3.63) is 101 Å². The van der Waals surface area contributed by atoms with Crippen LogP contribution in [0, 0.1) is 6.92 Å². The number of rotatable bonds is 5. The lowest BCUT2D eigenvalue weighted by Crippen LogP contribution is -2.22. The SMILES string of the molecule is Cc1cncc(-c2cnc(NC(=O)C(c3ccccc3)c3cccc(Cl)c3)s2)c1. The molecule has 4 aromatic rings. The van der Waals surface area contributed by atoms with Crippen LogP contribution >= 0.6 is 22.9 Å². The minimum Gasteiger partial charge on any atom is -0.301 e. The summed E-state index contributed by atoms with van der Waals surface area (Å²) in [6, 6.07) is 19.1. The number of hydrogen-bond donors (Lipinski definition) is 1. The zero-order valence-electron chi connectivity index (χ0n) is 15.7. The van der Waals surface area contributed by atoms with Crippen molar-refractivity contribution < 1.29 is 4.79 Å². The summed E-state index contributed by atoms with van der Waals surface area (Å²) in [4.78, 5) is 22.8. The second-order valence-electron chi connectivity index (χ2n) is 6.67. The summed E-state index contributed by atoms with van der Waals surface area (Å²) in [6.07, 6.45) is 5.36. The van der Waals surface area contributed by atoms with Crippen LogP contribution in [-0.2, 0) is 4.79 Å². The van der Waals surface area contributed by atoms with Crippen LogP contribution in [-0.4, -0.2) is 15.9 Å². The van der Waals surface area contributed by atoms with E-state index in [4.69, 9.17) is 11.6 Å². The summed E-state index contributed by atoms with van der Waals surface area (Å²) in [5, 5.41) is 4.12. The van der Waals surface area contributed by atoms with Gasteiger partial charge in [-0.3, -0.25) is 9.78 Å². The third-order valence-electron chi connectivity index (χ3n) is 4.47. The second kappa shape index (κ2) is 8.55. The van der Waals surface area contributed by atoms with Crippen LogP contribution in [0.3, 0.4) is 0 Å². The van der Waals surface area contributed by atoms with Gasteiger partial charge in [-0.05, 0) is 41.8 Å². The van der Waals surface area contributed by atoms with Gasteiger partial charge in [-0.2, -0.15) is 0 Å². The van der Waals surface area contributed by atoms with E-state index in [1.165, 1.54) is 11.3 Å². The minimum atomic E-state index is -0.483. The molecular formula is C23H18ClN3OS. The van der Waals surface area contributed by atoms with Gasteiger partial charge in [-0.25, -0.2) is 4.98 Å². The molecule has 1 N–H and O–H groups in total. The predicted molar refractivity (Wildman–Crippen MR) is 118 cm³/mol. The summed E-state index contributed by atoms with van der Waals surface area (Å²) in [5.74, 6) is -0.635. The molecule has 0 radical (unpaired) electrons. The van der Waals surface area contributed by atoms with Crippen molar-refractivity contribution in [1.29, 1.82) is 0 Å². The van der Waals surface area contributed by atoms with Crippen LogP contribution in [0.5, 0.6) is 0 Å². The second-order valence-corrected chi connectivity index (χ2v) is 8.14. The molecule has 0 fully saturated rings. The summed E-state index contributed by atoms with van der Waals surface area (Å²) < 4.78 is 0. The summed E-state index contributed by atoms with van der Waals surface area (Å²) in [5.41, 5.74) is 3.79. The summed E-state index contributed by atoms with van der Waals surface area (Å²) >= 11 is 7.60. The number of pyridine rings is 1. The molecule has 0 bridgehead atoms. The lowest BCUT2D eigenvalue weighted by atomic mass is 9.90. The largest absolute Gasteiger partial charge is 0.301 e. The van der Waals surface area contributed by atoms with Gasteiger partial charge in [0.1, 0.15) is 0 Å². The fourth-order valence-electron chi connectivity index (χ4n) is 3.16. The average Bonchev–Trinajstić information content (AvgIpc) is 3.17. The van der Waals surface area contributed by atoms with E-state index >= 15 is 0 Å². The lowest BCUT2D eigenvalue weighted by Gasteiger charge is -2.17. The van der Waals surface area contributed by atoms with E-state index in [2.05, 4.69) is 15.3 Å². The van der Waals surface area contributed by atoms with Crippen LogP contribution in [0.25, 0.3) is 10.4 Å². The molecule has 0 aliphatic carbocycles. The Bertz CT molecular complexity index is 1140. The molecule has 0 saturated carbocycles. The molecule has 2 heterocycles. The molecule has 0 aliphatic heterocycles. The Balaban J connectivity index is 1.62. The normalized spacial score (nSPS) is 11.8. The topological polar surface area (TPSA) is 54.9 Å². The monoisotopic (exact) mass is 419 g/mol. The Kier molecular flexibility index (Phi) is 5.69. The Morgan fingerprint density at radius 2 is 1.79 bits per heavy atom. The fourth-order valence-corrected chi connectivity index (χ4v) is 4.16. The first kappa shape index (κ1) is 19.3. The molecule has 29 heavy (non-hydrogen) atoms. The zero-order valence-corrected chi connectivity index (χ0v) is 17.2. The van der Waals surface area contributed by atoms with Gasteiger partial charge in [-0.15, -0.1) is 0 Å². The molecule has 1 amide bonds. The van der Waals surface area contributed by atoms with Crippen molar-refractivity contribution in [1.82, 2.24) is 9.97 Å². The van der Waals surface area contributed by atoms with Gasteiger partial charge in [0.05, 0.1) is 10.8 Å². The van der Waals surface area contributed by atoms with Gasteiger partial charge in [0, 0.05) is 29.2 Å². The van der Waals surface area contributed by atoms with E-state index in [0.717, 1.165) is 27.1 Å². The standard InChI is InChI=1S/C23H18ClN3OS/c1-15-10-18(13-25-12-15)20-14-26-23(29-20)27-22(28)21(16-6-3-2-4-7-16)17-8-5-9-19(24)11-17/h2-14,21H,1H3,(H,26,27,28). The number of nitrogens with zero attached hydrogens (tertiary/aromatic N) is 2. The van der Waals surface area contributed by atoms with E-state index in [1.54, 1.807) is 18.5 Å². The number of halogens is 1. The molecule has 4 nitrogen and oxygen atoms in total. The Hall–Kier alpha value is -3.02. The maximum atomic E-state index is 13.2. The van der Waals surface area contributed by atoms with Crippen molar-refractivity contribution >= 4 is 34.0 Å². The van der Waals surface area contributed by atoms with Gasteiger partial charge in [0.15, 0.2) is 5.13 Å². The van der Waals surface area contributed by atoms with Crippen molar-refractivity contribution in [2.24, 2.45) is 0 Å². The van der Waals surface area contributed by atoms with Crippen LogP contribution in [0.1, 0.15) is 22.6 Å². The van der Waals surface area contributed by atoms with E-state index in [-0.39, 0.29) is 5.91 Å². The van der Waals surface area contributed by atoms with Crippen LogP contribution < -0.4 is 5.32 Å². The third-order valence-corrected chi connectivity index (χ3v) is 5.67. The van der Waals surface area contributed by atoms with Crippen molar-refractivity contribution in [2.75, 3.05) is 5.32 Å². The first-order chi connectivity index (χ1) is 14.1. The van der Waals surface area contributed by atoms with Gasteiger partial charge in [0.25, 0.3) is 0 Å². The van der Waals surface area contributed by atoms with Gasteiger partial charge in [0.2, 0.25) is 5.91 Å². The summed E-state index contributed by atoms with van der Waals surface area (Å²) in [7, 11) is 0. The van der Waals surface area contributed by atoms with Crippen LogP contribution in [0.4, 0.5) is 5.13 Å². The van der Waals surface area contributed by atoms with Crippen molar-refractivity contribution in [3.63, 3.8) is 0 Å². The Morgan fingerprint density at radius 1 is 1.00 bits per heavy atom. The smallest absolute Gasteiger partial charge is 0.238 e. The van der Waals surface area contributed by atoms with Gasteiger partial charge in [-0.1, -0.05) is 65.4 Å². The average molecular weight is 420 g/mol. The zero-order chi connectivity index (χ0) is 20.2. The number of amides is 1. The molecule has 6 heteroatoms. The predicted octanol–water partition coefficient (Wildman–Crippen LogP) is 5.94. The first-order valence-electron chi connectivity index (χ1n) is 9.09. The highest BCUT2D eigenvalue weighted by molar-refractivity contribution is 7.19. The number of thiazole rings is 1. The fraction of sp³-hybridized carbons (Fsp3) is 0.0870. The Morgan fingerprint density at radius 3 is 2.55 bits per heavy atom. The van der Waals surface area contributed by atoms with Crippen LogP contribution in [0.2, 0.25) is 5.02 Å². The number of anilines is 1. The van der Waals surface area contributed by atoms with Crippen molar-refractivity contribution in [3.8, 4) is 10.4 Å². The number of aryl methyl sites for hydroxylation is 1. The Labute approximate surface area is 178 Å². The highest BCUT2D eigenvalue weighted by atomic mass is 35.5. The molecule has 2 aromatic carbocycles. The lowest BCUT2D eigenvalue weighted by molar-refractivity contribution is -0.116. The maximum Gasteiger partial charge on any atom is 0.238 e. The molecule has 1 atom stereocenters. The van der Waals surface area contributed by atoms with Crippen molar-refractivity contribution in [2.45, 2.75) is 12.8 Å². The number of benzene rings is 2. The molecule has 144 valence electrons. The number of carbonyl (C=O) groups excluding carboxylic acids is 1. The molecule has 0 saturated heterocycles. The van der Waals surface area contributed by atoms with E-state index < -0.39 is 5.92 Å². The quantitative estimate of drug-likeness (QED) is 0.435. The van der Waals surface area contributed by atoms with Gasteiger partial charge >= 0.3 is 0 Å². The number of hydrogen-bond acceptors (Lipinski definition) is 4. The molecule has 0 spiro atoms. The molecular weight excluding hydrogens is 402 g/mol. The maximum absolute atomic E-state index is 13.2. The number of nitrogens with one attached hydrogen (secondary N) is 1. The van der Waals surface area contributed by atoms with E-state index in [9.17, 15) is 4.79 Å². The van der Waals surface area contributed by atoms with E-state index in [1.807, 2.05) is 67.7 Å². The minimum absolute atomic E-state index is 0.151. The number of carbonyl (C=O) groups is 1. The van der Waals surface area contributed by atoms with E-state index in [0.29, 0.717) is 10.2 Å². The first-order valence-corrected chi connectivity index (χ1v) is 10.3. The molecule has 0 aliphatic rings. The third kappa shape index (κ3) is 4.53. The molecule has 4 rings (SSSR count). The molecule has 2 aromatic heterocycles. The molecule has 1 unspecified atom stereocenters. The number of aromatic nitrogens is 2. The summed E-state index contributed by atoms with van der Waals surface area (Å²) in [6.45, 7) is 2.00. The van der Waals surface area contributed by atoms with Gasteiger partial charge < -0.3 is 5.32 Å². The highest BCUT2D eigenvalue weighted by Gasteiger charge is 2.24.